The fourth-order valence-corrected chi connectivity index (χ4v) is 1.62. The van der Waals surface area contributed by atoms with E-state index in [4.69, 9.17) is 9.47 Å². The van der Waals surface area contributed by atoms with E-state index in [1.165, 1.54) is 11.8 Å². The molecule has 0 unspecified atom stereocenters. The van der Waals surface area contributed by atoms with Gasteiger partial charge in [-0.3, -0.25) is 0 Å². The van der Waals surface area contributed by atoms with Crippen LogP contribution in [0.25, 0.3) is 0 Å². The largest absolute Gasteiger partial charge is 0.340 e. The lowest BCUT2D eigenvalue weighted by Gasteiger charge is -2.26. The van der Waals surface area contributed by atoms with Gasteiger partial charge >= 0.3 is 0 Å². The van der Waals surface area contributed by atoms with Gasteiger partial charge in [0, 0.05) is 14.2 Å². The number of rotatable bonds is 4. The van der Waals surface area contributed by atoms with Crippen LogP contribution < -0.4 is 0 Å². The summed E-state index contributed by atoms with van der Waals surface area (Å²) >= 11 is 1.40. The minimum absolute atomic E-state index is 0.597. The van der Waals surface area contributed by atoms with E-state index in [1.54, 1.807) is 26.5 Å². The summed E-state index contributed by atoms with van der Waals surface area (Å²) in [4.78, 5) is 0. The van der Waals surface area contributed by atoms with Gasteiger partial charge in [0.25, 0.3) is 5.12 Å². The summed E-state index contributed by atoms with van der Waals surface area (Å²) < 4.78 is 10.5. The molecule has 0 aliphatic carbocycles. The minimum Gasteiger partial charge on any atom is -0.340 e. The van der Waals surface area contributed by atoms with Crippen LogP contribution in [0.15, 0.2) is 12.3 Å². The lowest BCUT2D eigenvalue weighted by molar-refractivity contribution is -0.143. The van der Waals surface area contributed by atoms with Gasteiger partial charge in [-0.05, 0) is 17.5 Å². The van der Waals surface area contributed by atoms with Gasteiger partial charge < -0.3 is 9.47 Å². The van der Waals surface area contributed by atoms with E-state index in [0.717, 1.165) is 0 Å². The van der Waals surface area contributed by atoms with Crippen LogP contribution in [0.2, 0.25) is 0 Å². The van der Waals surface area contributed by atoms with E-state index in [-0.39, 0.29) is 0 Å². The van der Waals surface area contributed by atoms with Crippen LogP contribution in [-0.4, -0.2) is 35.9 Å². The Morgan fingerprint density at radius 3 is 2.46 bits per heavy atom. The summed E-state index contributed by atoms with van der Waals surface area (Å²) in [5, 5.41) is 10.1. The van der Waals surface area contributed by atoms with Gasteiger partial charge in [0.05, 0.1) is 6.20 Å². The summed E-state index contributed by atoms with van der Waals surface area (Å²) in [6, 6.07) is 1.70. The number of methoxy groups -OCH3 is 2. The van der Waals surface area contributed by atoms with Crippen molar-refractivity contribution in [2.75, 3.05) is 20.5 Å². The lowest BCUT2D eigenvalue weighted by Crippen LogP contribution is -2.28. The third-order valence-corrected chi connectivity index (χ3v) is 2.70. The van der Waals surface area contributed by atoms with Crippen LogP contribution in [0, 0.1) is 0 Å². The molecule has 5 nitrogen and oxygen atoms in total. The minimum atomic E-state index is -0.879. The van der Waals surface area contributed by atoms with Crippen molar-refractivity contribution in [3.05, 3.63) is 18.0 Å². The van der Waals surface area contributed by atoms with E-state index in [9.17, 15) is 0 Å². The molecule has 0 aromatic carbocycles. The first-order chi connectivity index (χ1) is 6.29. The Morgan fingerprint density at radius 1 is 1.38 bits per heavy atom. The van der Waals surface area contributed by atoms with Gasteiger partial charge in [-0.15, -0.1) is 10.2 Å². The zero-order valence-electron chi connectivity index (χ0n) is 7.72. The van der Waals surface area contributed by atoms with Gasteiger partial charge in [-0.1, -0.05) is 11.8 Å². The van der Waals surface area contributed by atoms with Crippen molar-refractivity contribution >= 4 is 11.8 Å². The maximum absolute atomic E-state index is 5.23. The van der Waals surface area contributed by atoms with E-state index < -0.39 is 5.12 Å². The zero-order chi connectivity index (χ0) is 9.73. The Bertz CT molecular complexity index is 245. The number of hydrogen-bond donors (Lipinski definition) is 0. The topological polar surface area (TPSA) is 57.1 Å². The molecule has 1 heterocycles. The molecular formula is C7H11N3O2S. The molecule has 0 radical (unpaired) electrons. The fourth-order valence-electron chi connectivity index (χ4n) is 0.968. The molecule has 0 spiro atoms. The van der Waals surface area contributed by atoms with Crippen LogP contribution in [0.4, 0.5) is 0 Å². The van der Waals surface area contributed by atoms with Crippen molar-refractivity contribution in [2.45, 2.75) is 5.12 Å². The van der Waals surface area contributed by atoms with Gasteiger partial charge in [-0.25, -0.2) is 0 Å². The third kappa shape index (κ3) is 1.96. The van der Waals surface area contributed by atoms with E-state index >= 15 is 0 Å². The second-order valence-corrected chi connectivity index (χ2v) is 3.12. The zero-order valence-corrected chi connectivity index (χ0v) is 8.54. The highest BCUT2D eigenvalue weighted by Crippen LogP contribution is 2.34. The molecule has 0 bridgehead atoms. The average molecular weight is 201 g/mol. The SMILES string of the molecule is COC(OC)(SC)c1ccnnn1. The predicted octanol–water partition coefficient (Wildman–Crippen LogP) is 0.638. The predicted molar refractivity (Wildman–Crippen MR) is 49.0 cm³/mol. The van der Waals surface area contributed by atoms with Crippen LogP contribution in [0.3, 0.4) is 0 Å². The van der Waals surface area contributed by atoms with Crippen molar-refractivity contribution in [3.8, 4) is 0 Å². The van der Waals surface area contributed by atoms with Gasteiger partial charge in [0.15, 0.2) is 0 Å². The summed E-state index contributed by atoms with van der Waals surface area (Å²) in [6.45, 7) is 0. The molecule has 0 aliphatic heterocycles. The molecule has 1 rings (SSSR count). The second-order valence-electron chi connectivity index (χ2n) is 2.17. The molecule has 0 aliphatic rings. The van der Waals surface area contributed by atoms with E-state index in [0.29, 0.717) is 5.69 Å². The fraction of sp³-hybridized carbons (Fsp3) is 0.571. The van der Waals surface area contributed by atoms with Gasteiger partial charge in [0.1, 0.15) is 5.69 Å². The Morgan fingerprint density at radius 2 is 2.08 bits per heavy atom. The average Bonchev–Trinajstić information content (AvgIpc) is 2.23. The number of nitrogens with zero attached hydrogens (tertiary/aromatic N) is 3. The first-order valence-electron chi connectivity index (χ1n) is 3.59. The van der Waals surface area contributed by atoms with Crippen molar-refractivity contribution in [1.29, 1.82) is 0 Å². The summed E-state index contributed by atoms with van der Waals surface area (Å²) in [6.07, 6.45) is 3.42. The number of aromatic nitrogens is 3. The molecule has 1 aromatic rings. The van der Waals surface area contributed by atoms with Crippen molar-refractivity contribution in [1.82, 2.24) is 15.4 Å². The maximum atomic E-state index is 5.23. The highest BCUT2D eigenvalue weighted by molar-refractivity contribution is 7.99. The molecule has 0 saturated heterocycles. The molecule has 0 fully saturated rings. The lowest BCUT2D eigenvalue weighted by atomic mass is 10.4. The molecule has 0 atom stereocenters. The number of hydrogen-bond acceptors (Lipinski definition) is 6. The molecule has 13 heavy (non-hydrogen) atoms. The summed E-state index contributed by atoms with van der Waals surface area (Å²) in [7, 11) is 3.12. The molecular weight excluding hydrogens is 190 g/mol. The maximum Gasteiger partial charge on any atom is 0.264 e. The van der Waals surface area contributed by atoms with Crippen LogP contribution in [-0.2, 0) is 14.6 Å². The monoisotopic (exact) mass is 201 g/mol. The van der Waals surface area contributed by atoms with Crippen molar-refractivity contribution in [2.24, 2.45) is 0 Å². The second kappa shape index (κ2) is 4.50. The number of ether oxygens (including phenoxy) is 2. The third-order valence-electron chi connectivity index (χ3n) is 1.62. The molecule has 0 N–H and O–H groups in total. The molecule has 6 heteroatoms. The summed E-state index contributed by atoms with van der Waals surface area (Å²) in [5.74, 6) is 0. The van der Waals surface area contributed by atoms with E-state index in [2.05, 4.69) is 15.4 Å². The smallest absolute Gasteiger partial charge is 0.264 e. The highest BCUT2D eigenvalue weighted by Gasteiger charge is 2.33. The molecule has 72 valence electrons. The Balaban J connectivity index is 3.01. The standard InChI is InChI=1S/C7H11N3O2S/c1-11-7(12-2,13-3)6-4-5-8-10-9-6/h4-5H,1-3H3. The van der Waals surface area contributed by atoms with Crippen molar-refractivity contribution < 1.29 is 9.47 Å². The Kier molecular flexibility index (Phi) is 3.58. The van der Waals surface area contributed by atoms with Gasteiger partial charge in [-0.2, -0.15) is 0 Å². The Hall–Kier alpha value is -0.720. The van der Waals surface area contributed by atoms with Crippen LogP contribution >= 0.6 is 11.8 Å². The first kappa shape index (κ1) is 10.4. The quantitative estimate of drug-likeness (QED) is 0.666. The van der Waals surface area contributed by atoms with Crippen LogP contribution in [0.5, 0.6) is 0 Å². The first-order valence-corrected chi connectivity index (χ1v) is 4.82. The Labute approximate surface area is 80.8 Å². The summed E-state index contributed by atoms with van der Waals surface area (Å²) in [5.41, 5.74) is 0.597. The van der Waals surface area contributed by atoms with E-state index in [1.807, 2.05) is 6.26 Å². The molecule has 0 saturated carbocycles. The van der Waals surface area contributed by atoms with Gasteiger partial charge in [0.2, 0.25) is 0 Å². The van der Waals surface area contributed by atoms with Crippen molar-refractivity contribution in [3.63, 3.8) is 0 Å². The van der Waals surface area contributed by atoms with Crippen LogP contribution in [0.1, 0.15) is 5.69 Å². The number of thioether (sulfide) groups is 1. The highest BCUT2D eigenvalue weighted by atomic mass is 32.2. The molecule has 1 aromatic heterocycles. The molecule has 0 amide bonds. The normalized spacial score (nSPS) is 11.6.